The first kappa shape index (κ1) is 16.8. The first-order valence-corrected chi connectivity index (χ1v) is 9.43. The summed E-state index contributed by atoms with van der Waals surface area (Å²) in [6, 6.07) is 5.62. The molecule has 3 aliphatic rings. The summed E-state index contributed by atoms with van der Waals surface area (Å²) in [5.74, 6) is 0.700. The summed E-state index contributed by atoms with van der Waals surface area (Å²) < 4.78 is 19.4. The van der Waals surface area contributed by atoms with Gasteiger partial charge in [0.2, 0.25) is 5.91 Å². The Morgan fingerprint density at radius 2 is 2.12 bits per heavy atom. The van der Waals surface area contributed by atoms with Gasteiger partial charge in [0.15, 0.2) is 0 Å². The Morgan fingerprint density at radius 1 is 1.28 bits per heavy atom. The van der Waals surface area contributed by atoms with E-state index in [9.17, 15) is 9.18 Å². The molecule has 3 fully saturated rings. The second kappa shape index (κ2) is 6.60. The number of halogens is 1. The fraction of sp³-hybridized carbons (Fsp3) is 0.650. The lowest BCUT2D eigenvalue weighted by Gasteiger charge is -2.48. The van der Waals surface area contributed by atoms with Crippen molar-refractivity contribution in [3.63, 3.8) is 0 Å². The Bertz CT molecular complexity index is 661. The van der Waals surface area contributed by atoms with Crippen molar-refractivity contribution in [1.29, 1.82) is 0 Å². The van der Waals surface area contributed by atoms with Gasteiger partial charge in [-0.2, -0.15) is 0 Å². The Labute approximate surface area is 148 Å². The van der Waals surface area contributed by atoms with Crippen molar-refractivity contribution in [2.45, 2.75) is 51.1 Å². The maximum atomic E-state index is 14.3. The minimum atomic E-state index is -0.197. The van der Waals surface area contributed by atoms with E-state index < -0.39 is 0 Å². The van der Waals surface area contributed by atoms with Crippen LogP contribution in [0.4, 0.5) is 4.39 Å². The molecule has 1 aromatic rings. The van der Waals surface area contributed by atoms with Crippen LogP contribution in [-0.2, 0) is 11.3 Å². The molecule has 4 rings (SSSR count). The fourth-order valence-corrected chi connectivity index (χ4v) is 4.57. The van der Waals surface area contributed by atoms with Crippen molar-refractivity contribution in [3.8, 4) is 5.75 Å². The predicted molar refractivity (Wildman–Crippen MR) is 93.9 cm³/mol. The fourth-order valence-electron chi connectivity index (χ4n) is 4.57. The molecule has 25 heavy (non-hydrogen) atoms. The molecule has 4 nitrogen and oxygen atoms in total. The van der Waals surface area contributed by atoms with Crippen LogP contribution in [0.3, 0.4) is 0 Å². The molecule has 0 N–H and O–H groups in total. The second-order valence-corrected chi connectivity index (χ2v) is 8.02. The van der Waals surface area contributed by atoms with Gasteiger partial charge in [0.1, 0.15) is 11.6 Å². The molecule has 136 valence electrons. The zero-order chi connectivity index (χ0) is 17.4. The van der Waals surface area contributed by atoms with Gasteiger partial charge >= 0.3 is 0 Å². The highest BCUT2D eigenvalue weighted by Crippen LogP contribution is 2.42. The van der Waals surface area contributed by atoms with Crippen molar-refractivity contribution in [1.82, 2.24) is 9.80 Å². The Hall–Kier alpha value is -1.62. The molecule has 1 spiro atoms. The van der Waals surface area contributed by atoms with E-state index in [1.54, 1.807) is 7.11 Å². The summed E-state index contributed by atoms with van der Waals surface area (Å²) in [7, 11) is 1.55. The highest BCUT2D eigenvalue weighted by Gasteiger charge is 2.45. The van der Waals surface area contributed by atoms with Crippen LogP contribution in [0.15, 0.2) is 18.2 Å². The summed E-state index contributed by atoms with van der Waals surface area (Å²) in [5.41, 5.74) is 0.932. The van der Waals surface area contributed by atoms with E-state index in [2.05, 4.69) is 9.80 Å². The molecule has 1 aromatic carbocycles. The average molecular weight is 346 g/mol. The van der Waals surface area contributed by atoms with Gasteiger partial charge < -0.3 is 9.64 Å². The minimum absolute atomic E-state index is 0.197. The number of carbonyl (C=O) groups is 1. The number of hydrogen-bond donors (Lipinski definition) is 0. The first-order valence-electron chi connectivity index (χ1n) is 9.43. The van der Waals surface area contributed by atoms with Gasteiger partial charge in [-0.05, 0) is 44.7 Å². The van der Waals surface area contributed by atoms with Crippen LogP contribution in [0.5, 0.6) is 5.75 Å². The van der Waals surface area contributed by atoms with Gasteiger partial charge in [0.05, 0.1) is 7.11 Å². The molecule has 5 heteroatoms. The minimum Gasteiger partial charge on any atom is -0.497 e. The van der Waals surface area contributed by atoms with Gasteiger partial charge in [-0.3, -0.25) is 9.69 Å². The standard InChI is InChI=1S/C20H27FN2O2/c1-25-17-6-3-15(18(21)11-17)12-22-10-2-8-20(13-22)9-7-19(24)23(14-20)16-4-5-16/h3,6,11,16H,2,4-5,7-10,12-14H2,1H3. The Morgan fingerprint density at radius 3 is 2.84 bits per heavy atom. The summed E-state index contributed by atoms with van der Waals surface area (Å²) in [5, 5.41) is 0. The number of hydrogen-bond acceptors (Lipinski definition) is 3. The topological polar surface area (TPSA) is 32.8 Å². The van der Waals surface area contributed by atoms with E-state index in [0.717, 1.165) is 38.0 Å². The number of nitrogens with zero attached hydrogens (tertiary/aromatic N) is 2. The lowest BCUT2D eigenvalue weighted by Crippen LogP contribution is -2.54. The lowest BCUT2D eigenvalue weighted by atomic mass is 9.73. The molecule has 1 atom stereocenters. The van der Waals surface area contributed by atoms with Crippen molar-refractivity contribution in [2.24, 2.45) is 5.41 Å². The van der Waals surface area contributed by atoms with Crippen LogP contribution in [-0.4, -0.2) is 48.5 Å². The van der Waals surface area contributed by atoms with Crippen molar-refractivity contribution in [3.05, 3.63) is 29.6 Å². The number of amides is 1. The van der Waals surface area contributed by atoms with Crippen LogP contribution < -0.4 is 4.74 Å². The molecule has 1 aliphatic carbocycles. The second-order valence-electron chi connectivity index (χ2n) is 8.02. The summed E-state index contributed by atoms with van der Waals surface area (Å²) >= 11 is 0. The molecular formula is C20H27FN2O2. The van der Waals surface area contributed by atoms with Crippen LogP contribution in [0.25, 0.3) is 0 Å². The molecule has 0 aromatic heterocycles. The van der Waals surface area contributed by atoms with Gasteiger partial charge in [-0.25, -0.2) is 4.39 Å². The Kier molecular flexibility index (Phi) is 4.44. The van der Waals surface area contributed by atoms with Crippen LogP contribution in [0, 0.1) is 11.2 Å². The maximum absolute atomic E-state index is 14.3. The normalized spacial score (nSPS) is 27.8. The number of ether oxygens (including phenoxy) is 1. The summed E-state index contributed by atoms with van der Waals surface area (Å²) in [6.07, 6.45) is 6.32. The molecule has 0 bridgehead atoms. The summed E-state index contributed by atoms with van der Waals surface area (Å²) in [4.78, 5) is 16.7. The zero-order valence-electron chi connectivity index (χ0n) is 15.0. The van der Waals surface area contributed by atoms with Gasteiger partial charge in [0.25, 0.3) is 0 Å². The molecule has 1 unspecified atom stereocenters. The number of rotatable bonds is 4. The first-order chi connectivity index (χ1) is 12.1. The van der Waals surface area contributed by atoms with Crippen LogP contribution >= 0.6 is 0 Å². The molecule has 2 heterocycles. The third kappa shape index (κ3) is 3.52. The van der Waals surface area contributed by atoms with E-state index >= 15 is 0 Å². The monoisotopic (exact) mass is 346 g/mol. The number of likely N-dealkylation sites (tertiary alicyclic amines) is 2. The van der Waals surface area contributed by atoms with E-state index in [0.29, 0.717) is 30.7 Å². The third-order valence-corrected chi connectivity index (χ3v) is 6.08. The smallest absolute Gasteiger partial charge is 0.222 e. The molecule has 0 radical (unpaired) electrons. The van der Waals surface area contributed by atoms with Crippen molar-refractivity contribution in [2.75, 3.05) is 26.7 Å². The molecule has 2 saturated heterocycles. The average Bonchev–Trinajstić information content (AvgIpc) is 3.44. The number of piperidine rings is 2. The molecular weight excluding hydrogens is 319 g/mol. The number of carbonyl (C=O) groups excluding carboxylic acids is 1. The largest absolute Gasteiger partial charge is 0.497 e. The highest BCUT2D eigenvalue weighted by molar-refractivity contribution is 5.78. The van der Waals surface area contributed by atoms with E-state index in [1.165, 1.54) is 25.3 Å². The third-order valence-electron chi connectivity index (χ3n) is 6.08. The Balaban J connectivity index is 1.45. The number of benzene rings is 1. The van der Waals surface area contributed by atoms with Gasteiger partial charge in [0, 0.05) is 49.1 Å². The van der Waals surface area contributed by atoms with Crippen molar-refractivity contribution >= 4 is 5.91 Å². The van der Waals surface area contributed by atoms with E-state index in [-0.39, 0.29) is 11.2 Å². The SMILES string of the molecule is COc1ccc(CN2CCCC3(CCC(=O)N(C4CC4)C3)C2)c(F)c1. The molecule has 1 amide bonds. The maximum Gasteiger partial charge on any atom is 0.222 e. The molecule has 1 saturated carbocycles. The highest BCUT2D eigenvalue weighted by atomic mass is 19.1. The number of methoxy groups -OCH3 is 1. The molecule has 2 aliphatic heterocycles. The quantitative estimate of drug-likeness (QED) is 0.839. The lowest BCUT2D eigenvalue weighted by molar-refractivity contribution is -0.140. The van der Waals surface area contributed by atoms with Gasteiger partial charge in [-0.15, -0.1) is 0 Å². The summed E-state index contributed by atoms with van der Waals surface area (Å²) in [6.45, 7) is 3.51. The predicted octanol–water partition coefficient (Wildman–Crippen LogP) is 3.20. The van der Waals surface area contributed by atoms with Crippen LogP contribution in [0.1, 0.15) is 44.1 Å². The van der Waals surface area contributed by atoms with Crippen LogP contribution in [0.2, 0.25) is 0 Å². The van der Waals surface area contributed by atoms with Gasteiger partial charge in [-0.1, -0.05) is 6.07 Å². The zero-order valence-corrected chi connectivity index (χ0v) is 15.0. The van der Waals surface area contributed by atoms with E-state index in [1.807, 2.05) is 12.1 Å². The van der Waals surface area contributed by atoms with E-state index in [4.69, 9.17) is 4.74 Å². The van der Waals surface area contributed by atoms with Crippen molar-refractivity contribution < 1.29 is 13.9 Å².